The molecule has 0 amide bonds. The lowest BCUT2D eigenvalue weighted by Gasteiger charge is -1.94. The van der Waals surface area contributed by atoms with Crippen LogP contribution in [0.1, 0.15) is 0 Å². The van der Waals surface area contributed by atoms with Crippen LogP contribution in [0, 0.1) is 0 Å². The molecule has 0 aliphatic rings. The third-order valence-electron chi connectivity index (χ3n) is 3.30. The van der Waals surface area contributed by atoms with Crippen molar-refractivity contribution in [1.82, 2.24) is 5.16 Å². The van der Waals surface area contributed by atoms with Crippen LogP contribution in [0.25, 0.3) is 33.7 Å². The molecular formula is C17H10ClNO2. The van der Waals surface area contributed by atoms with Crippen LogP contribution in [0.5, 0.6) is 0 Å². The van der Waals surface area contributed by atoms with Crippen molar-refractivity contribution >= 4 is 22.6 Å². The van der Waals surface area contributed by atoms with Crippen molar-refractivity contribution in [3.8, 4) is 22.8 Å². The van der Waals surface area contributed by atoms with Crippen molar-refractivity contribution in [3.05, 3.63) is 65.7 Å². The second-order valence-electron chi connectivity index (χ2n) is 4.74. The highest BCUT2D eigenvalue weighted by Crippen LogP contribution is 2.31. The Morgan fingerprint density at radius 2 is 1.76 bits per heavy atom. The highest BCUT2D eigenvalue weighted by atomic mass is 35.5. The van der Waals surface area contributed by atoms with E-state index in [-0.39, 0.29) is 0 Å². The number of hydrogen-bond acceptors (Lipinski definition) is 3. The average molecular weight is 296 g/mol. The highest BCUT2D eigenvalue weighted by Gasteiger charge is 2.13. The molecule has 0 saturated carbocycles. The molecule has 0 aliphatic carbocycles. The monoisotopic (exact) mass is 295 g/mol. The predicted molar refractivity (Wildman–Crippen MR) is 82.2 cm³/mol. The van der Waals surface area contributed by atoms with E-state index in [1.165, 1.54) is 0 Å². The molecule has 102 valence electrons. The minimum absolute atomic E-state index is 0.598. The number of furan rings is 1. The molecule has 0 fully saturated rings. The van der Waals surface area contributed by atoms with E-state index in [0.29, 0.717) is 16.5 Å². The van der Waals surface area contributed by atoms with Gasteiger partial charge in [-0.15, -0.1) is 0 Å². The maximum Gasteiger partial charge on any atom is 0.202 e. The number of aromatic nitrogens is 1. The van der Waals surface area contributed by atoms with Gasteiger partial charge in [0, 0.05) is 22.0 Å². The lowest BCUT2D eigenvalue weighted by molar-refractivity contribution is 0.423. The fourth-order valence-corrected chi connectivity index (χ4v) is 2.47. The van der Waals surface area contributed by atoms with Gasteiger partial charge in [0.15, 0.2) is 5.76 Å². The summed E-state index contributed by atoms with van der Waals surface area (Å²) in [5.74, 6) is 1.26. The summed E-state index contributed by atoms with van der Waals surface area (Å²) >= 11 is 6.00. The molecule has 2 aromatic carbocycles. The summed E-state index contributed by atoms with van der Waals surface area (Å²) in [6.07, 6.45) is 0. The van der Waals surface area contributed by atoms with Crippen LogP contribution >= 0.6 is 11.6 Å². The van der Waals surface area contributed by atoms with Crippen molar-refractivity contribution in [2.45, 2.75) is 0 Å². The lowest BCUT2D eigenvalue weighted by Crippen LogP contribution is -1.75. The molecule has 4 heteroatoms. The molecule has 0 radical (unpaired) electrons. The van der Waals surface area contributed by atoms with Crippen molar-refractivity contribution in [3.63, 3.8) is 0 Å². The van der Waals surface area contributed by atoms with Gasteiger partial charge in [-0.1, -0.05) is 47.1 Å². The first kappa shape index (κ1) is 12.2. The summed E-state index contributed by atoms with van der Waals surface area (Å²) in [5, 5.41) is 5.78. The van der Waals surface area contributed by atoms with Gasteiger partial charge >= 0.3 is 0 Å². The van der Waals surface area contributed by atoms with Crippen molar-refractivity contribution in [2.24, 2.45) is 0 Å². The second-order valence-corrected chi connectivity index (χ2v) is 5.17. The van der Waals surface area contributed by atoms with Gasteiger partial charge < -0.3 is 8.94 Å². The van der Waals surface area contributed by atoms with E-state index in [1.807, 2.05) is 60.7 Å². The number of para-hydroxylation sites is 1. The SMILES string of the molecule is Clc1cccc(-c2cc(-c3cc4ccccc4o3)on2)c1. The van der Waals surface area contributed by atoms with Crippen molar-refractivity contribution in [1.29, 1.82) is 0 Å². The second kappa shape index (κ2) is 4.79. The molecule has 4 aromatic rings. The predicted octanol–water partition coefficient (Wildman–Crippen LogP) is 5.41. The number of nitrogens with zero attached hydrogens (tertiary/aromatic N) is 1. The Kier molecular flexibility index (Phi) is 2.79. The molecule has 0 saturated heterocycles. The summed E-state index contributed by atoms with van der Waals surface area (Å²) in [7, 11) is 0. The third-order valence-corrected chi connectivity index (χ3v) is 3.53. The van der Waals surface area contributed by atoms with Gasteiger partial charge in [-0.2, -0.15) is 0 Å². The maximum absolute atomic E-state index is 6.00. The fourth-order valence-electron chi connectivity index (χ4n) is 2.28. The summed E-state index contributed by atoms with van der Waals surface area (Å²) < 4.78 is 11.2. The minimum atomic E-state index is 0.598. The first-order chi connectivity index (χ1) is 10.3. The van der Waals surface area contributed by atoms with Crippen LogP contribution < -0.4 is 0 Å². The van der Waals surface area contributed by atoms with Crippen molar-refractivity contribution in [2.75, 3.05) is 0 Å². The molecule has 0 atom stereocenters. The van der Waals surface area contributed by atoms with Gasteiger partial charge in [0.05, 0.1) is 0 Å². The van der Waals surface area contributed by atoms with E-state index in [1.54, 1.807) is 0 Å². The smallest absolute Gasteiger partial charge is 0.202 e. The molecule has 4 rings (SSSR count). The quantitative estimate of drug-likeness (QED) is 0.496. The normalized spacial score (nSPS) is 11.1. The zero-order chi connectivity index (χ0) is 14.2. The minimum Gasteiger partial charge on any atom is -0.453 e. The Morgan fingerprint density at radius 3 is 2.62 bits per heavy atom. The molecule has 0 bridgehead atoms. The Labute approximate surface area is 125 Å². The molecule has 2 heterocycles. The highest BCUT2D eigenvalue weighted by molar-refractivity contribution is 6.30. The molecule has 2 aromatic heterocycles. The molecule has 21 heavy (non-hydrogen) atoms. The summed E-state index contributed by atoms with van der Waals surface area (Å²) in [6, 6.07) is 19.1. The van der Waals surface area contributed by atoms with Crippen LogP contribution in [0.15, 0.2) is 69.6 Å². The fraction of sp³-hybridized carbons (Fsp3) is 0. The molecule has 0 aliphatic heterocycles. The van der Waals surface area contributed by atoms with Gasteiger partial charge in [0.2, 0.25) is 5.76 Å². The molecule has 0 spiro atoms. The van der Waals surface area contributed by atoms with Crippen LogP contribution in [0.3, 0.4) is 0 Å². The van der Waals surface area contributed by atoms with E-state index >= 15 is 0 Å². The number of fused-ring (bicyclic) bond motifs is 1. The lowest BCUT2D eigenvalue weighted by atomic mass is 10.1. The Bertz CT molecular complexity index is 890. The largest absolute Gasteiger partial charge is 0.453 e. The van der Waals surface area contributed by atoms with Crippen molar-refractivity contribution < 1.29 is 8.94 Å². The number of halogens is 1. The van der Waals surface area contributed by atoms with E-state index in [4.69, 9.17) is 20.5 Å². The van der Waals surface area contributed by atoms with E-state index in [0.717, 1.165) is 22.2 Å². The number of hydrogen-bond donors (Lipinski definition) is 0. The zero-order valence-corrected chi connectivity index (χ0v) is 11.7. The number of benzene rings is 2. The van der Waals surface area contributed by atoms with Gasteiger partial charge in [-0.25, -0.2) is 0 Å². The Hall–Kier alpha value is -2.52. The summed E-state index contributed by atoms with van der Waals surface area (Å²) in [6.45, 7) is 0. The first-order valence-electron chi connectivity index (χ1n) is 6.51. The zero-order valence-electron chi connectivity index (χ0n) is 10.9. The average Bonchev–Trinajstić information content (AvgIpc) is 3.14. The van der Waals surface area contributed by atoms with Gasteiger partial charge in [-0.3, -0.25) is 0 Å². The Balaban J connectivity index is 1.77. The third kappa shape index (κ3) is 2.22. The van der Waals surface area contributed by atoms with E-state index in [9.17, 15) is 0 Å². The van der Waals surface area contributed by atoms with Gasteiger partial charge in [-0.05, 0) is 24.3 Å². The number of rotatable bonds is 2. The summed E-state index contributed by atoms with van der Waals surface area (Å²) in [5.41, 5.74) is 2.47. The molecule has 0 unspecified atom stereocenters. The van der Waals surface area contributed by atoms with Crippen LogP contribution in [0.2, 0.25) is 5.02 Å². The summed E-state index contributed by atoms with van der Waals surface area (Å²) in [4.78, 5) is 0. The van der Waals surface area contributed by atoms with E-state index in [2.05, 4.69) is 5.16 Å². The van der Waals surface area contributed by atoms with Gasteiger partial charge in [0.25, 0.3) is 0 Å². The molecule has 3 nitrogen and oxygen atoms in total. The van der Waals surface area contributed by atoms with E-state index < -0.39 is 0 Å². The molecule has 0 N–H and O–H groups in total. The topological polar surface area (TPSA) is 39.2 Å². The first-order valence-corrected chi connectivity index (χ1v) is 6.89. The van der Waals surface area contributed by atoms with Gasteiger partial charge in [0.1, 0.15) is 11.3 Å². The van der Waals surface area contributed by atoms with Crippen LogP contribution in [-0.4, -0.2) is 5.16 Å². The van der Waals surface area contributed by atoms with Crippen LogP contribution in [0.4, 0.5) is 0 Å². The molecular weight excluding hydrogens is 286 g/mol. The maximum atomic E-state index is 6.00. The Morgan fingerprint density at radius 1 is 0.857 bits per heavy atom. The van der Waals surface area contributed by atoms with Crippen LogP contribution in [-0.2, 0) is 0 Å². The standard InChI is InChI=1S/C17H10ClNO2/c18-13-6-3-5-11(8-13)14-10-17(21-19-14)16-9-12-4-1-2-7-15(12)20-16/h1-10H.